The normalized spacial score (nSPS) is 26.9. The summed E-state index contributed by atoms with van der Waals surface area (Å²) in [6.45, 7) is 5.40. The number of ether oxygens (including phenoxy) is 1. The topological polar surface area (TPSA) is 38.3 Å². The molecule has 1 unspecified atom stereocenters. The molecule has 2 atom stereocenters. The molecule has 0 spiro atoms. The number of nitrogens with one attached hydrogen (secondary N) is 1. The van der Waals surface area contributed by atoms with Crippen LogP contribution in [-0.4, -0.2) is 24.5 Å². The number of carbonyl (C=O) groups excluding carboxylic acids is 1. The molecule has 2 aliphatic rings. The number of thiol groups is 1. The molecule has 6 heteroatoms. The van der Waals surface area contributed by atoms with Gasteiger partial charge < -0.3 is 4.74 Å². The summed E-state index contributed by atoms with van der Waals surface area (Å²) in [5, 5.41) is 0. The number of ketones is 1. The van der Waals surface area contributed by atoms with E-state index < -0.39 is 22.7 Å². The molecule has 3 nitrogen and oxygen atoms in total. The summed E-state index contributed by atoms with van der Waals surface area (Å²) in [7, 11) is 1.59. The molecular formula is C26H35F2NO2S. The van der Waals surface area contributed by atoms with Gasteiger partial charge in [-0.25, -0.2) is 8.78 Å². The van der Waals surface area contributed by atoms with Crippen LogP contribution in [0.3, 0.4) is 0 Å². The second-order valence-electron chi connectivity index (χ2n) is 9.76. The van der Waals surface area contributed by atoms with Gasteiger partial charge >= 0.3 is 0 Å². The van der Waals surface area contributed by atoms with E-state index in [1.807, 2.05) is 6.92 Å². The van der Waals surface area contributed by atoms with Crippen LogP contribution in [0, 0.1) is 17.6 Å². The molecule has 32 heavy (non-hydrogen) atoms. The smallest absolute Gasteiger partial charge is 0.140 e. The third kappa shape index (κ3) is 5.18. The standard InChI is InChI=1S/C26H35F2NO2S/c1-17(29-32)10-11-20(19-8-6-5-7-9-19)12-21-13-24(28)22(14-23(21)27)26(18(2)30)15-25(3,16-26)31-4/h6,8-9,13-14,17,20,29,32H,5,7,10-12,15-16H2,1-4H3/t17-,20?,25?,26?/m0/s1. The Morgan fingerprint density at radius 2 is 1.94 bits per heavy atom. The van der Waals surface area contributed by atoms with E-state index in [1.54, 1.807) is 7.11 Å². The maximum atomic E-state index is 15.3. The van der Waals surface area contributed by atoms with E-state index >= 15 is 8.78 Å². The molecule has 0 amide bonds. The molecule has 1 aromatic rings. The number of methoxy groups -OCH3 is 1. The number of halogens is 2. The molecule has 0 aliphatic heterocycles. The molecule has 0 aromatic heterocycles. The lowest BCUT2D eigenvalue weighted by Crippen LogP contribution is -2.57. The number of hydrogen-bond acceptors (Lipinski definition) is 4. The molecule has 1 saturated carbocycles. The summed E-state index contributed by atoms with van der Waals surface area (Å²) in [4.78, 5) is 12.5. The molecule has 0 saturated heterocycles. The maximum Gasteiger partial charge on any atom is 0.140 e. The van der Waals surface area contributed by atoms with Crippen LogP contribution in [0.2, 0.25) is 0 Å². The summed E-state index contributed by atoms with van der Waals surface area (Å²) in [5.41, 5.74) is 0.185. The van der Waals surface area contributed by atoms with Gasteiger partial charge in [-0.3, -0.25) is 9.52 Å². The van der Waals surface area contributed by atoms with Gasteiger partial charge in [0.15, 0.2) is 0 Å². The molecule has 0 bridgehead atoms. The lowest BCUT2D eigenvalue weighted by Gasteiger charge is -2.52. The van der Waals surface area contributed by atoms with Crippen LogP contribution in [0.4, 0.5) is 8.78 Å². The molecule has 1 aromatic carbocycles. The maximum absolute atomic E-state index is 15.3. The van der Waals surface area contributed by atoms with Crippen molar-refractivity contribution in [3.63, 3.8) is 0 Å². The molecule has 1 fully saturated rings. The van der Waals surface area contributed by atoms with Crippen molar-refractivity contribution < 1.29 is 18.3 Å². The second-order valence-corrected chi connectivity index (χ2v) is 10.0. The quantitative estimate of drug-likeness (QED) is 0.416. The Kier molecular flexibility index (Phi) is 8.00. The first-order valence-corrected chi connectivity index (χ1v) is 11.9. The van der Waals surface area contributed by atoms with Crippen LogP contribution < -0.4 is 4.72 Å². The minimum atomic E-state index is -1.02. The Morgan fingerprint density at radius 3 is 2.50 bits per heavy atom. The number of hydrogen-bond donors (Lipinski definition) is 2. The van der Waals surface area contributed by atoms with E-state index in [2.05, 4.69) is 42.7 Å². The number of benzene rings is 1. The first kappa shape index (κ1) is 25.1. The minimum absolute atomic E-state index is 0.0951. The van der Waals surface area contributed by atoms with Gasteiger partial charge in [-0.1, -0.05) is 31.0 Å². The zero-order valence-electron chi connectivity index (χ0n) is 19.5. The van der Waals surface area contributed by atoms with Crippen LogP contribution in [0.5, 0.6) is 0 Å². The van der Waals surface area contributed by atoms with Crippen LogP contribution in [0.15, 0.2) is 35.9 Å². The highest BCUT2D eigenvalue weighted by Crippen LogP contribution is 2.53. The van der Waals surface area contributed by atoms with E-state index in [0.29, 0.717) is 24.8 Å². The van der Waals surface area contributed by atoms with E-state index in [0.717, 1.165) is 25.7 Å². The fourth-order valence-electron chi connectivity index (χ4n) is 5.21. The van der Waals surface area contributed by atoms with E-state index in [4.69, 9.17) is 4.74 Å². The Morgan fingerprint density at radius 1 is 1.22 bits per heavy atom. The van der Waals surface area contributed by atoms with Gasteiger partial charge in [0.05, 0.1) is 11.0 Å². The Hall–Kier alpha value is -1.50. The van der Waals surface area contributed by atoms with Crippen molar-refractivity contribution in [2.24, 2.45) is 5.92 Å². The Labute approximate surface area is 196 Å². The average molecular weight is 464 g/mol. The average Bonchev–Trinajstić information content (AvgIpc) is 2.76. The van der Waals surface area contributed by atoms with Gasteiger partial charge in [-0.2, -0.15) is 0 Å². The van der Waals surface area contributed by atoms with Gasteiger partial charge in [0.25, 0.3) is 0 Å². The van der Waals surface area contributed by atoms with Crippen molar-refractivity contribution >= 4 is 18.6 Å². The first-order chi connectivity index (χ1) is 15.1. The van der Waals surface area contributed by atoms with Crippen LogP contribution in [0.25, 0.3) is 0 Å². The second kappa shape index (κ2) is 10.2. The summed E-state index contributed by atoms with van der Waals surface area (Å²) >= 11 is 4.14. The van der Waals surface area contributed by atoms with Crippen molar-refractivity contribution in [3.8, 4) is 0 Å². The lowest BCUT2D eigenvalue weighted by molar-refractivity contribution is -0.146. The third-order valence-electron chi connectivity index (χ3n) is 7.30. The fourth-order valence-corrected chi connectivity index (χ4v) is 5.34. The van der Waals surface area contributed by atoms with Crippen LogP contribution in [0.1, 0.15) is 70.4 Å². The van der Waals surface area contributed by atoms with Crippen molar-refractivity contribution in [1.29, 1.82) is 0 Å². The Balaban J connectivity index is 1.88. The summed E-state index contributed by atoms with van der Waals surface area (Å²) in [6.07, 6.45) is 11.3. The van der Waals surface area contributed by atoms with Crippen molar-refractivity contribution in [2.45, 2.75) is 82.8 Å². The largest absolute Gasteiger partial charge is 0.378 e. The molecular weight excluding hydrogens is 428 g/mol. The monoisotopic (exact) mass is 463 g/mol. The highest BCUT2D eigenvalue weighted by Gasteiger charge is 2.57. The van der Waals surface area contributed by atoms with Gasteiger partial charge in [0.2, 0.25) is 0 Å². The number of allylic oxidation sites excluding steroid dienone is 4. The predicted molar refractivity (Wildman–Crippen MR) is 128 cm³/mol. The minimum Gasteiger partial charge on any atom is -0.378 e. The third-order valence-corrected chi connectivity index (χ3v) is 7.74. The molecule has 2 aliphatic carbocycles. The summed E-state index contributed by atoms with van der Waals surface area (Å²) in [5.74, 6) is -1.01. The van der Waals surface area contributed by atoms with E-state index in [-0.39, 0.29) is 23.3 Å². The number of rotatable bonds is 10. The predicted octanol–water partition coefficient (Wildman–Crippen LogP) is 6.03. The van der Waals surface area contributed by atoms with Crippen molar-refractivity contribution in [2.75, 3.05) is 7.11 Å². The first-order valence-electron chi connectivity index (χ1n) is 11.4. The lowest BCUT2D eigenvalue weighted by atomic mass is 9.54. The Bertz CT molecular complexity index is 905. The van der Waals surface area contributed by atoms with Gasteiger partial charge in [-0.05, 0) is 94.9 Å². The highest BCUT2D eigenvalue weighted by molar-refractivity contribution is 7.78. The van der Waals surface area contributed by atoms with Crippen molar-refractivity contribution in [3.05, 3.63) is 58.7 Å². The molecule has 0 heterocycles. The van der Waals surface area contributed by atoms with Crippen LogP contribution in [-0.2, 0) is 21.4 Å². The number of carbonyl (C=O) groups is 1. The molecule has 1 N–H and O–H groups in total. The van der Waals surface area contributed by atoms with Gasteiger partial charge in [0.1, 0.15) is 17.4 Å². The summed E-state index contributed by atoms with van der Waals surface area (Å²) < 4.78 is 39.0. The summed E-state index contributed by atoms with van der Waals surface area (Å²) in [6, 6.07) is 2.78. The molecule has 0 radical (unpaired) electrons. The van der Waals surface area contributed by atoms with E-state index in [1.165, 1.54) is 24.6 Å². The van der Waals surface area contributed by atoms with Crippen LogP contribution >= 0.6 is 12.8 Å². The van der Waals surface area contributed by atoms with E-state index in [9.17, 15) is 4.79 Å². The molecule has 3 rings (SSSR count). The highest BCUT2D eigenvalue weighted by atomic mass is 32.1. The SMILES string of the molecule is COC1(C)CC(C(C)=O)(c2cc(F)c(CC(CC[C@H](C)NS)C3=CCCC=C3)cc2F)C1. The zero-order valence-corrected chi connectivity index (χ0v) is 20.4. The van der Waals surface area contributed by atoms with Crippen molar-refractivity contribution in [1.82, 2.24) is 4.72 Å². The zero-order chi connectivity index (χ0) is 23.5. The molecule has 176 valence electrons. The van der Waals surface area contributed by atoms with Gasteiger partial charge in [-0.15, -0.1) is 0 Å². The fraction of sp³-hybridized carbons (Fsp3) is 0.577. The van der Waals surface area contributed by atoms with Gasteiger partial charge in [0, 0.05) is 18.7 Å². The number of Topliss-reactive ketones (excluding diaryl/α,β-unsaturated/α-hetero) is 1.